The van der Waals surface area contributed by atoms with Gasteiger partial charge in [0.25, 0.3) is 5.91 Å². The SMILES string of the molecule is COc1ccc(CN2C(=O)c3cccn3[C@@H]3CN(Cc4cccc(C)c4)C[C@H]32)cc1. The topological polar surface area (TPSA) is 37.7 Å². The minimum absolute atomic E-state index is 0.120. The number of carbonyl (C=O) groups is 1. The van der Waals surface area contributed by atoms with Crippen molar-refractivity contribution in [3.05, 3.63) is 89.2 Å². The van der Waals surface area contributed by atoms with Gasteiger partial charge in [0.15, 0.2) is 0 Å². The summed E-state index contributed by atoms with van der Waals surface area (Å²) in [7, 11) is 1.67. The zero-order chi connectivity index (χ0) is 20.7. The third-order valence-corrected chi connectivity index (χ3v) is 6.35. The van der Waals surface area contributed by atoms with Gasteiger partial charge in [-0.15, -0.1) is 0 Å². The number of carbonyl (C=O) groups excluding carboxylic acids is 1. The summed E-state index contributed by atoms with van der Waals surface area (Å²) >= 11 is 0. The molecule has 2 atom stereocenters. The van der Waals surface area contributed by atoms with Gasteiger partial charge in [0.05, 0.1) is 19.2 Å². The summed E-state index contributed by atoms with van der Waals surface area (Å²) in [5, 5.41) is 0. The first-order valence-corrected chi connectivity index (χ1v) is 10.5. The summed E-state index contributed by atoms with van der Waals surface area (Å²) in [6.07, 6.45) is 2.06. The van der Waals surface area contributed by atoms with E-state index in [2.05, 4.69) is 51.8 Å². The van der Waals surface area contributed by atoms with Crippen LogP contribution in [0.25, 0.3) is 0 Å². The van der Waals surface area contributed by atoms with Gasteiger partial charge in [-0.3, -0.25) is 9.69 Å². The maximum absolute atomic E-state index is 13.3. The highest BCUT2D eigenvalue weighted by atomic mass is 16.5. The lowest BCUT2D eigenvalue weighted by atomic mass is 10.0. The maximum Gasteiger partial charge on any atom is 0.271 e. The molecule has 1 aromatic heterocycles. The summed E-state index contributed by atoms with van der Waals surface area (Å²) < 4.78 is 7.46. The van der Waals surface area contributed by atoms with E-state index in [4.69, 9.17) is 4.74 Å². The highest BCUT2D eigenvalue weighted by Gasteiger charge is 2.44. The number of benzene rings is 2. The molecule has 0 bridgehead atoms. The van der Waals surface area contributed by atoms with Crippen LogP contribution in [0.1, 0.15) is 33.2 Å². The third kappa shape index (κ3) is 3.39. The number of ether oxygens (including phenoxy) is 1. The van der Waals surface area contributed by atoms with E-state index in [1.165, 1.54) is 11.1 Å². The number of rotatable bonds is 5. The second-order valence-electron chi connectivity index (χ2n) is 8.40. The summed E-state index contributed by atoms with van der Waals surface area (Å²) in [6.45, 7) is 5.50. The largest absolute Gasteiger partial charge is 0.497 e. The minimum atomic E-state index is 0.120. The van der Waals surface area contributed by atoms with Crippen molar-refractivity contribution in [3.63, 3.8) is 0 Å². The Balaban J connectivity index is 1.41. The van der Waals surface area contributed by atoms with Crippen molar-refractivity contribution in [1.29, 1.82) is 0 Å². The van der Waals surface area contributed by atoms with Crippen LogP contribution in [0.4, 0.5) is 0 Å². The molecule has 1 amide bonds. The lowest BCUT2D eigenvalue weighted by Gasteiger charge is -2.38. The van der Waals surface area contributed by atoms with Crippen LogP contribution in [0.2, 0.25) is 0 Å². The molecule has 2 aliphatic heterocycles. The van der Waals surface area contributed by atoms with Crippen LogP contribution in [-0.4, -0.2) is 46.5 Å². The fraction of sp³-hybridized carbons (Fsp3) is 0.320. The lowest BCUT2D eigenvalue weighted by molar-refractivity contribution is 0.0556. The zero-order valence-electron chi connectivity index (χ0n) is 17.5. The highest BCUT2D eigenvalue weighted by molar-refractivity contribution is 5.94. The Morgan fingerprint density at radius 2 is 1.73 bits per heavy atom. The molecule has 1 fully saturated rings. The molecular formula is C25H27N3O2. The molecule has 3 heterocycles. The number of aryl methyl sites for hydroxylation is 1. The second kappa shape index (κ2) is 7.65. The normalized spacial score (nSPS) is 20.9. The molecule has 0 radical (unpaired) electrons. The first kappa shape index (κ1) is 18.9. The van der Waals surface area contributed by atoms with E-state index in [-0.39, 0.29) is 18.0 Å². The molecule has 0 aliphatic carbocycles. The van der Waals surface area contributed by atoms with Gasteiger partial charge in [-0.1, -0.05) is 42.0 Å². The summed E-state index contributed by atoms with van der Waals surface area (Å²) in [5.74, 6) is 0.954. The molecule has 0 spiro atoms. The Morgan fingerprint density at radius 1 is 0.933 bits per heavy atom. The first-order chi connectivity index (χ1) is 14.6. The number of likely N-dealkylation sites (tertiary alicyclic amines) is 1. The average molecular weight is 402 g/mol. The van der Waals surface area contributed by atoms with Gasteiger partial charge in [0.2, 0.25) is 0 Å². The van der Waals surface area contributed by atoms with Crippen LogP contribution >= 0.6 is 0 Å². The highest BCUT2D eigenvalue weighted by Crippen LogP contribution is 2.35. The number of nitrogens with zero attached hydrogens (tertiary/aromatic N) is 3. The van der Waals surface area contributed by atoms with Crippen LogP contribution in [0.3, 0.4) is 0 Å². The quantitative estimate of drug-likeness (QED) is 0.651. The number of amides is 1. The zero-order valence-corrected chi connectivity index (χ0v) is 17.5. The van der Waals surface area contributed by atoms with E-state index in [9.17, 15) is 4.79 Å². The molecule has 0 N–H and O–H groups in total. The Kier molecular flexibility index (Phi) is 4.83. The molecule has 0 unspecified atom stereocenters. The smallest absolute Gasteiger partial charge is 0.271 e. The fourth-order valence-electron chi connectivity index (χ4n) is 4.90. The number of hydrogen-bond donors (Lipinski definition) is 0. The molecule has 30 heavy (non-hydrogen) atoms. The Labute approximate surface area is 177 Å². The van der Waals surface area contributed by atoms with Crippen LogP contribution in [0.15, 0.2) is 66.9 Å². The van der Waals surface area contributed by atoms with E-state index in [1.54, 1.807) is 7.11 Å². The van der Waals surface area contributed by atoms with E-state index >= 15 is 0 Å². The predicted molar refractivity (Wildman–Crippen MR) is 117 cm³/mol. The number of methoxy groups -OCH3 is 1. The van der Waals surface area contributed by atoms with E-state index in [0.29, 0.717) is 6.54 Å². The van der Waals surface area contributed by atoms with Crippen molar-refractivity contribution in [2.75, 3.05) is 20.2 Å². The van der Waals surface area contributed by atoms with Crippen LogP contribution < -0.4 is 4.74 Å². The number of fused-ring (bicyclic) bond motifs is 3. The molecule has 154 valence electrons. The maximum atomic E-state index is 13.3. The van der Waals surface area contributed by atoms with Crippen molar-refractivity contribution in [2.45, 2.75) is 32.1 Å². The van der Waals surface area contributed by atoms with Crippen molar-refractivity contribution < 1.29 is 9.53 Å². The molecular weight excluding hydrogens is 374 g/mol. The standard InChI is InChI=1S/C25H27N3O2/c1-18-5-3-6-20(13-18)14-26-16-23-24(17-26)28(25(29)22-7-4-12-27(22)23)15-19-8-10-21(30-2)11-9-19/h3-13,23-24H,14-17H2,1-2H3/t23-,24-/m1/s1. The van der Waals surface area contributed by atoms with Gasteiger partial charge < -0.3 is 14.2 Å². The predicted octanol–water partition coefficient (Wildman–Crippen LogP) is 3.89. The van der Waals surface area contributed by atoms with Crippen molar-refractivity contribution in [1.82, 2.24) is 14.4 Å². The number of hydrogen-bond acceptors (Lipinski definition) is 3. The van der Waals surface area contributed by atoms with Gasteiger partial charge in [0, 0.05) is 32.4 Å². The Bertz CT molecular complexity index is 1060. The Hall–Kier alpha value is -3.05. The summed E-state index contributed by atoms with van der Waals surface area (Å²) in [6, 6.07) is 21.1. The lowest BCUT2D eigenvalue weighted by Crippen LogP contribution is -2.49. The summed E-state index contributed by atoms with van der Waals surface area (Å²) in [5.41, 5.74) is 4.53. The molecule has 0 saturated carbocycles. The van der Waals surface area contributed by atoms with Crippen LogP contribution in [-0.2, 0) is 13.1 Å². The van der Waals surface area contributed by atoms with Crippen LogP contribution in [0, 0.1) is 6.92 Å². The van der Waals surface area contributed by atoms with E-state index < -0.39 is 0 Å². The first-order valence-electron chi connectivity index (χ1n) is 10.5. The third-order valence-electron chi connectivity index (χ3n) is 6.35. The summed E-state index contributed by atoms with van der Waals surface area (Å²) in [4.78, 5) is 17.9. The van der Waals surface area contributed by atoms with Crippen molar-refractivity contribution in [3.8, 4) is 5.75 Å². The minimum Gasteiger partial charge on any atom is -0.497 e. The van der Waals surface area contributed by atoms with E-state index in [0.717, 1.165) is 36.6 Å². The molecule has 2 aromatic carbocycles. The molecule has 1 saturated heterocycles. The Morgan fingerprint density at radius 3 is 2.50 bits per heavy atom. The van der Waals surface area contributed by atoms with Crippen LogP contribution in [0.5, 0.6) is 5.75 Å². The van der Waals surface area contributed by atoms with Gasteiger partial charge in [-0.25, -0.2) is 0 Å². The number of aromatic nitrogens is 1. The fourth-order valence-corrected chi connectivity index (χ4v) is 4.90. The molecule has 2 aliphatic rings. The van der Waals surface area contributed by atoms with Gasteiger partial charge in [-0.2, -0.15) is 0 Å². The van der Waals surface area contributed by atoms with Gasteiger partial charge >= 0.3 is 0 Å². The van der Waals surface area contributed by atoms with Crippen molar-refractivity contribution >= 4 is 5.91 Å². The monoisotopic (exact) mass is 401 g/mol. The van der Waals surface area contributed by atoms with Crippen molar-refractivity contribution in [2.24, 2.45) is 0 Å². The molecule has 5 nitrogen and oxygen atoms in total. The molecule has 5 heteroatoms. The molecule has 3 aromatic rings. The van der Waals surface area contributed by atoms with E-state index in [1.807, 2.05) is 36.4 Å². The average Bonchev–Trinajstić information content (AvgIpc) is 3.39. The van der Waals surface area contributed by atoms with Gasteiger partial charge in [0.1, 0.15) is 11.4 Å². The molecule has 5 rings (SSSR count). The second-order valence-corrected chi connectivity index (χ2v) is 8.40. The van der Waals surface area contributed by atoms with Gasteiger partial charge in [-0.05, 0) is 42.3 Å².